The second kappa shape index (κ2) is 5.40. The summed E-state index contributed by atoms with van der Waals surface area (Å²) in [5.41, 5.74) is 4.12. The fourth-order valence-electron chi connectivity index (χ4n) is 3.17. The zero-order valence-electron chi connectivity index (χ0n) is 12.9. The van der Waals surface area contributed by atoms with E-state index in [1.807, 2.05) is 17.0 Å². The van der Waals surface area contributed by atoms with Crippen molar-refractivity contribution in [2.24, 2.45) is 0 Å². The van der Waals surface area contributed by atoms with Gasteiger partial charge in [0.1, 0.15) is 0 Å². The van der Waals surface area contributed by atoms with Crippen LogP contribution >= 0.6 is 0 Å². The molecular weight excluding hydrogens is 260 g/mol. The lowest BCUT2D eigenvalue weighted by Gasteiger charge is -2.24. The van der Waals surface area contributed by atoms with Gasteiger partial charge in [-0.15, -0.1) is 0 Å². The average Bonchev–Trinajstić information content (AvgIpc) is 3.05. The maximum atomic E-state index is 12.9. The molecule has 3 rings (SSSR count). The molecule has 21 heavy (non-hydrogen) atoms. The quantitative estimate of drug-likeness (QED) is 0.850. The van der Waals surface area contributed by atoms with Crippen LogP contribution in [0.4, 0.5) is 0 Å². The average molecular weight is 282 g/mol. The number of nitrogens with zero attached hydrogens (tertiary/aromatic N) is 1. The van der Waals surface area contributed by atoms with Crippen molar-refractivity contribution in [2.45, 2.75) is 39.7 Å². The van der Waals surface area contributed by atoms with Crippen LogP contribution in [-0.4, -0.2) is 28.4 Å². The molecule has 0 spiro atoms. The Labute approximate surface area is 125 Å². The molecule has 0 saturated heterocycles. The summed E-state index contributed by atoms with van der Waals surface area (Å²) in [7, 11) is 0. The summed E-state index contributed by atoms with van der Waals surface area (Å²) >= 11 is 0. The van der Waals surface area contributed by atoms with E-state index in [1.165, 1.54) is 5.56 Å². The lowest BCUT2D eigenvalue weighted by molar-refractivity contribution is 0.0746. The van der Waals surface area contributed by atoms with E-state index >= 15 is 0 Å². The second-order valence-corrected chi connectivity index (χ2v) is 5.84. The van der Waals surface area contributed by atoms with Crippen molar-refractivity contribution in [3.8, 4) is 0 Å². The number of hydrogen-bond donors (Lipinski definition) is 1. The maximum absolute atomic E-state index is 12.9. The van der Waals surface area contributed by atoms with Crippen molar-refractivity contribution < 1.29 is 4.79 Å². The summed E-state index contributed by atoms with van der Waals surface area (Å²) in [6, 6.07) is 6.24. The third kappa shape index (κ3) is 2.27. The number of aromatic amines is 1. The van der Waals surface area contributed by atoms with Crippen molar-refractivity contribution in [1.29, 1.82) is 0 Å². The minimum Gasteiger partial charge on any atom is -0.358 e. The van der Waals surface area contributed by atoms with Gasteiger partial charge in [-0.05, 0) is 31.9 Å². The molecule has 0 aliphatic carbocycles. The van der Waals surface area contributed by atoms with E-state index in [-0.39, 0.29) is 11.9 Å². The Morgan fingerprint density at radius 1 is 1.38 bits per heavy atom. The highest BCUT2D eigenvalue weighted by atomic mass is 16.2. The van der Waals surface area contributed by atoms with Crippen LogP contribution in [0.1, 0.15) is 41.4 Å². The van der Waals surface area contributed by atoms with E-state index in [0.29, 0.717) is 0 Å². The van der Waals surface area contributed by atoms with Crippen LogP contribution in [0, 0.1) is 13.8 Å². The van der Waals surface area contributed by atoms with Gasteiger partial charge in [0.2, 0.25) is 0 Å². The Morgan fingerprint density at radius 3 is 2.95 bits per heavy atom. The summed E-state index contributed by atoms with van der Waals surface area (Å²) in [5.74, 6) is 0.130. The van der Waals surface area contributed by atoms with Crippen LogP contribution in [-0.2, 0) is 0 Å². The third-order valence-electron chi connectivity index (χ3n) is 4.48. The number of nitrogens with one attached hydrogen (secondary N) is 1. The lowest BCUT2D eigenvalue weighted by atomic mass is 10.1. The summed E-state index contributed by atoms with van der Waals surface area (Å²) < 4.78 is 0. The van der Waals surface area contributed by atoms with Gasteiger partial charge in [0, 0.05) is 17.6 Å². The highest BCUT2D eigenvalue weighted by Crippen LogP contribution is 2.27. The number of carbonyl (C=O) groups is 1. The normalized spacial score (nSPS) is 17.9. The first-order valence-corrected chi connectivity index (χ1v) is 7.69. The van der Waals surface area contributed by atoms with Crippen LogP contribution in [0.25, 0.3) is 10.9 Å². The number of rotatable bonds is 3. The van der Waals surface area contributed by atoms with E-state index in [2.05, 4.69) is 44.0 Å². The van der Waals surface area contributed by atoms with Gasteiger partial charge in [0.15, 0.2) is 0 Å². The molecule has 1 aromatic carbocycles. The minimum atomic E-state index is 0.130. The SMILES string of the molecule is CCC[C@H]1C=CCN1C(=O)c1cccc2c(C)c(C)[nH]c12. The predicted octanol–water partition coefficient (Wildman–Crippen LogP) is 3.97. The van der Waals surface area contributed by atoms with Crippen molar-refractivity contribution in [3.63, 3.8) is 0 Å². The minimum absolute atomic E-state index is 0.130. The van der Waals surface area contributed by atoms with Gasteiger partial charge < -0.3 is 9.88 Å². The monoisotopic (exact) mass is 282 g/mol. The molecular formula is C18H22N2O. The maximum Gasteiger partial charge on any atom is 0.256 e. The Balaban J connectivity index is 2.00. The van der Waals surface area contributed by atoms with Crippen molar-refractivity contribution in [3.05, 3.63) is 47.2 Å². The molecule has 1 amide bonds. The van der Waals surface area contributed by atoms with Crippen LogP contribution in [0.3, 0.4) is 0 Å². The summed E-state index contributed by atoms with van der Waals surface area (Å²) in [6.45, 7) is 7.03. The Kier molecular flexibility index (Phi) is 3.58. The molecule has 3 nitrogen and oxygen atoms in total. The molecule has 3 heteroatoms. The number of amides is 1. The molecule has 1 atom stereocenters. The van der Waals surface area contributed by atoms with Gasteiger partial charge in [0.25, 0.3) is 5.91 Å². The van der Waals surface area contributed by atoms with Gasteiger partial charge in [-0.2, -0.15) is 0 Å². The van der Waals surface area contributed by atoms with Crippen LogP contribution in [0.2, 0.25) is 0 Å². The number of fused-ring (bicyclic) bond motifs is 1. The molecule has 110 valence electrons. The molecule has 0 unspecified atom stereocenters. The predicted molar refractivity (Wildman–Crippen MR) is 86.6 cm³/mol. The Morgan fingerprint density at radius 2 is 2.19 bits per heavy atom. The molecule has 1 aromatic heterocycles. The number of carbonyl (C=O) groups excluding carboxylic acids is 1. The summed E-state index contributed by atoms with van der Waals surface area (Å²) in [4.78, 5) is 18.3. The second-order valence-electron chi connectivity index (χ2n) is 5.84. The first kappa shape index (κ1) is 13.9. The van der Waals surface area contributed by atoms with Crippen molar-refractivity contribution >= 4 is 16.8 Å². The van der Waals surface area contributed by atoms with Crippen molar-refractivity contribution in [1.82, 2.24) is 9.88 Å². The summed E-state index contributed by atoms with van der Waals surface area (Å²) in [6.07, 6.45) is 6.38. The molecule has 2 heterocycles. The zero-order chi connectivity index (χ0) is 15.0. The highest BCUT2D eigenvalue weighted by Gasteiger charge is 2.26. The fourth-order valence-corrected chi connectivity index (χ4v) is 3.17. The molecule has 0 fully saturated rings. The van der Waals surface area contributed by atoms with E-state index in [4.69, 9.17) is 0 Å². The number of H-pyrrole nitrogens is 1. The number of benzene rings is 1. The third-order valence-corrected chi connectivity index (χ3v) is 4.48. The molecule has 0 bridgehead atoms. The van der Waals surface area contributed by atoms with Crippen LogP contribution in [0.15, 0.2) is 30.4 Å². The first-order valence-electron chi connectivity index (χ1n) is 7.69. The first-order chi connectivity index (χ1) is 10.1. The summed E-state index contributed by atoms with van der Waals surface area (Å²) in [5, 5.41) is 1.15. The van der Waals surface area contributed by atoms with Gasteiger partial charge >= 0.3 is 0 Å². The number of aryl methyl sites for hydroxylation is 2. The van der Waals surface area contributed by atoms with Crippen LogP contribution in [0.5, 0.6) is 0 Å². The smallest absolute Gasteiger partial charge is 0.256 e. The van der Waals surface area contributed by atoms with Gasteiger partial charge in [-0.25, -0.2) is 0 Å². The van der Waals surface area contributed by atoms with Gasteiger partial charge in [-0.1, -0.05) is 37.6 Å². The van der Waals surface area contributed by atoms with E-state index < -0.39 is 0 Å². The van der Waals surface area contributed by atoms with E-state index in [0.717, 1.165) is 41.5 Å². The van der Waals surface area contributed by atoms with E-state index in [9.17, 15) is 4.79 Å². The largest absolute Gasteiger partial charge is 0.358 e. The molecule has 1 N–H and O–H groups in total. The standard InChI is InChI=1S/C18H22N2O/c1-4-7-14-8-6-11-20(14)18(21)16-10-5-9-15-12(2)13(3)19-17(15)16/h5-6,8-10,14,19H,4,7,11H2,1-3H3/t14-/m0/s1. The number of hydrogen-bond acceptors (Lipinski definition) is 1. The molecule has 1 aliphatic heterocycles. The Bertz CT molecular complexity index is 711. The number of aromatic nitrogens is 1. The molecule has 0 radical (unpaired) electrons. The van der Waals surface area contributed by atoms with Crippen LogP contribution < -0.4 is 0 Å². The Hall–Kier alpha value is -2.03. The molecule has 1 aliphatic rings. The zero-order valence-corrected chi connectivity index (χ0v) is 12.9. The van der Waals surface area contributed by atoms with Gasteiger partial charge in [-0.3, -0.25) is 4.79 Å². The molecule has 0 saturated carbocycles. The van der Waals surface area contributed by atoms with Crippen molar-refractivity contribution in [2.75, 3.05) is 6.54 Å². The highest BCUT2D eigenvalue weighted by molar-refractivity contribution is 6.07. The fraction of sp³-hybridized carbons (Fsp3) is 0.389. The number of para-hydroxylation sites is 1. The van der Waals surface area contributed by atoms with Gasteiger partial charge in [0.05, 0.1) is 17.1 Å². The van der Waals surface area contributed by atoms with E-state index in [1.54, 1.807) is 0 Å². The lowest BCUT2D eigenvalue weighted by Crippen LogP contribution is -2.36. The molecule has 2 aromatic rings. The topological polar surface area (TPSA) is 36.1 Å².